The van der Waals surface area contributed by atoms with Crippen molar-refractivity contribution in [3.63, 3.8) is 0 Å². The molecule has 3 aromatic carbocycles. The highest BCUT2D eigenvalue weighted by molar-refractivity contribution is 5.96. The fourth-order valence-corrected chi connectivity index (χ4v) is 2.95. The molecule has 0 amide bonds. The maximum Gasteiger partial charge on any atom is 0.296 e. The van der Waals surface area contributed by atoms with Crippen LogP contribution in [-0.2, 0) is 0 Å². The van der Waals surface area contributed by atoms with E-state index in [2.05, 4.69) is 10.2 Å². The molecule has 0 aliphatic heterocycles. The van der Waals surface area contributed by atoms with Crippen molar-refractivity contribution >= 4 is 28.0 Å². The number of nitrogens with zero attached hydrogens (tertiary/aromatic N) is 4. The van der Waals surface area contributed by atoms with Crippen molar-refractivity contribution in [2.45, 2.75) is 0 Å². The van der Waals surface area contributed by atoms with Gasteiger partial charge in [-0.1, -0.05) is 48.5 Å². The van der Waals surface area contributed by atoms with Gasteiger partial charge in [-0.05, 0) is 24.3 Å². The van der Waals surface area contributed by atoms with Crippen LogP contribution in [0.15, 0.2) is 89.1 Å². The van der Waals surface area contributed by atoms with Gasteiger partial charge in [0.25, 0.3) is 5.69 Å². The molecule has 1 heterocycles. The van der Waals surface area contributed by atoms with E-state index in [1.54, 1.807) is 16.7 Å². The van der Waals surface area contributed by atoms with Crippen molar-refractivity contribution in [1.82, 2.24) is 4.57 Å². The van der Waals surface area contributed by atoms with E-state index in [1.807, 2.05) is 54.6 Å². The Kier molecular flexibility index (Phi) is 4.10. The van der Waals surface area contributed by atoms with Crippen molar-refractivity contribution in [1.29, 1.82) is 0 Å². The molecule has 0 saturated heterocycles. The highest BCUT2D eigenvalue weighted by Crippen LogP contribution is 2.41. The van der Waals surface area contributed by atoms with Crippen LogP contribution in [0.1, 0.15) is 0 Å². The Bertz CT molecular complexity index is 1170. The third-order valence-electron chi connectivity index (χ3n) is 4.17. The smallest absolute Gasteiger partial charge is 0.296 e. The van der Waals surface area contributed by atoms with Gasteiger partial charge in [0, 0.05) is 17.1 Å². The predicted octanol–water partition coefficient (Wildman–Crippen LogP) is 5.66. The summed E-state index contributed by atoms with van der Waals surface area (Å²) in [4.78, 5) is 10.6. The first-order valence-electron chi connectivity index (χ1n) is 8.20. The van der Waals surface area contributed by atoms with Crippen LogP contribution in [0.25, 0.3) is 16.6 Å². The normalized spacial score (nSPS) is 11.3. The zero-order valence-corrected chi connectivity index (χ0v) is 14.1. The Balaban J connectivity index is 1.89. The molecule has 7 nitrogen and oxygen atoms in total. The topological polar surface area (TPSA) is 93.0 Å². The SMILES string of the molecule is O=[N+]([O-])c1ccccc1N=Nc1c(O)n(-c2ccccc2)c2ccccc12. The van der Waals surface area contributed by atoms with Crippen molar-refractivity contribution in [2.24, 2.45) is 10.2 Å². The lowest BCUT2D eigenvalue weighted by atomic mass is 10.2. The molecule has 1 aromatic heterocycles. The van der Waals surface area contributed by atoms with Gasteiger partial charge in [0.05, 0.1) is 10.4 Å². The van der Waals surface area contributed by atoms with E-state index in [1.165, 1.54) is 12.1 Å². The van der Waals surface area contributed by atoms with E-state index in [0.29, 0.717) is 5.39 Å². The first kappa shape index (κ1) is 16.5. The van der Waals surface area contributed by atoms with Crippen molar-refractivity contribution in [3.05, 3.63) is 89.0 Å². The maximum absolute atomic E-state index is 11.2. The Morgan fingerprint density at radius 1 is 0.852 bits per heavy atom. The average Bonchev–Trinajstić information content (AvgIpc) is 2.98. The number of para-hydroxylation sites is 3. The number of aromatic nitrogens is 1. The quantitative estimate of drug-likeness (QED) is 0.290. The number of nitro benzene ring substituents is 1. The minimum Gasteiger partial charge on any atom is -0.493 e. The van der Waals surface area contributed by atoms with Crippen LogP contribution in [0.3, 0.4) is 0 Å². The molecule has 0 atom stereocenters. The Hall–Kier alpha value is -4.00. The molecule has 27 heavy (non-hydrogen) atoms. The number of azo groups is 1. The molecule has 0 radical (unpaired) electrons. The number of rotatable bonds is 4. The van der Waals surface area contributed by atoms with Gasteiger partial charge >= 0.3 is 0 Å². The lowest BCUT2D eigenvalue weighted by Gasteiger charge is -2.06. The standard InChI is InChI=1S/C20H14N4O3/c25-20-19(22-21-16-11-5-7-13-18(16)24(26)27)15-10-4-6-12-17(15)23(20)14-8-2-1-3-9-14/h1-13,25H. The molecule has 0 unspecified atom stereocenters. The van der Waals surface area contributed by atoms with Gasteiger partial charge in [-0.15, -0.1) is 10.2 Å². The van der Waals surface area contributed by atoms with Crippen LogP contribution in [0.4, 0.5) is 17.1 Å². The number of hydrogen-bond donors (Lipinski definition) is 1. The van der Waals surface area contributed by atoms with E-state index in [0.717, 1.165) is 11.2 Å². The maximum atomic E-state index is 11.2. The molecule has 0 aliphatic carbocycles. The van der Waals surface area contributed by atoms with Crippen LogP contribution >= 0.6 is 0 Å². The average molecular weight is 358 g/mol. The summed E-state index contributed by atoms with van der Waals surface area (Å²) in [6.07, 6.45) is 0. The second-order valence-corrected chi connectivity index (χ2v) is 5.81. The first-order chi connectivity index (χ1) is 13.2. The summed E-state index contributed by atoms with van der Waals surface area (Å²) in [5, 5.41) is 30.8. The molecule has 0 spiro atoms. The van der Waals surface area contributed by atoms with E-state index >= 15 is 0 Å². The van der Waals surface area contributed by atoms with Crippen LogP contribution in [-0.4, -0.2) is 14.6 Å². The molecule has 0 aliphatic rings. The van der Waals surface area contributed by atoms with Crippen LogP contribution in [0.2, 0.25) is 0 Å². The second kappa shape index (κ2) is 6.72. The number of nitro groups is 1. The zero-order chi connectivity index (χ0) is 18.8. The fraction of sp³-hybridized carbons (Fsp3) is 0. The third kappa shape index (κ3) is 2.91. The third-order valence-corrected chi connectivity index (χ3v) is 4.17. The molecule has 0 saturated carbocycles. The summed E-state index contributed by atoms with van der Waals surface area (Å²) in [6, 6.07) is 22.8. The Labute approximate surface area is 154 Å². The Morgan fingerprint density at radius 2 is 1.52 bits per heavy atom. The Morgan fingerprint density at radius 3 is 2.30 bits per heavy atom. The summed E-state index contributed by atoms with van der Waals surface area (Å²) < 4.78 is 1.67. The molecule has 4 aromatic rings. The lowest BCUT2D eigenvalue weighted by Crippen LogP contribution is -1.91. The molecule has 132 valence electrons. The van der Waals surface area contributed by atoms with E-state index < -0.39 is 4.92 Å². The van der Waals surface area contributed by atoms with Gasteiger partial charge in [0.15, 0.2) is 11.4 Å². The van der Waals surface area contributed by atoms with Gasteiger partial charge in [-0.3, -0.25) is 14.7 Å². The molecule has 0 fully saturated rings. The van der Waals surface area contributed by atoms with Crippen molar-refractivity contribution < 1.29 is 10.0 Å². The van der Waals surface area contributed by atoms with E-state index in [9.17, 15) is 15.2 Å². The molecule has 1 N–H and O–H groups in total. The number of aromatic hydroxyl groups is 1. The van der Waals surface area contributed by atoms with Crippen LogP contribution < -0.4 is 0 Å². The highest BCUT2D eigenvalue weighted by atomic mass is 16.6. The number of hydrogen-bond acceptors (Lipinski definition) is 5. The summed E-state index contributed by atoms with van der Waals surface area (Å²) in [7, 11) is 0. The van der Waals surface area contributed by atoms with E-state index in [4.69, 9.17) is 0 Å². The van der Waals surface area contributed by atoms with Crippen LogP contribution in [0, 0.1) is 10.1 Å². The predicted molar refractivity (Wildman–Crippen MR) is 102 cm³/mol. The van der Waals surface area contributed by atoms with Gasteiger partial charge in [0.1, 0.15) is 0 Å². The largest absolute Gasteiger partial charge is 0.493 e. The molecule has 0 bridgehead atoms. The van der Waals surface area contributed by atoms with Crippen molar-refractivity contribution in [3.8, 4) is 11.6 Å². The summed E-state index contributed by atoms with van der Waals surface area (Å²) in [5.41, 5.74) is 1.77. The van der Waals surface area contributed by atoms with Crippen LogP contribution in [0.5, 0.6) is 5.88 Å². The van der Waals surface area contributed by atoms with E-state index in [-0.39, 0.29) is 22.9 Å². The van der Waals surface area contributed by atoms with Gasteiger partial charge in [0.2, 0.25) is 5.88 Å². The zero-order valence-electron chi connectivity index (χ0n) is 14.1. The first-order valence-corrected chi connectivity index (χ1v) is 8.20. The minimum absolute atomic E-state index is 0.0789. The lowest BCUT2D eigenvalue weighted by molar-refractivity contribution is -0.384. The monoisotopic (exact) mass is 358 g/mol. The molecular formula is C20H14N4O3. The van der Waals surface area contributed by atoms with Gasteiger partial charge in [-0.2, -0.15) is 0 Å². The van der Waals surface area contributed by atoms with Gasteiger partial charge in [-0.25, -0.2) is 0 Å². The minimum atomic E-state index is -0.512. The molecule has 4 rings (SSSR count). The summed E-state index contributed by atoms with van der Waals surface area (Å²) in [5.74, 6) is -0.0789. The second-order valence-electron chi connectivity index (χ2n) is 5.81. The molecular weight excluding hydrogens is 344 g/mol. The van der Waals surface area contributed by atoms with Crippen molar-refractivity contribution in [2.75, 3.05) is 0 Å². The summed E-state index contributed by atoms with van der Waals surface area (Å²) >= 11 is 0. The van der Waals surface area contributed by atoms with Gasteiger partial charge < -0.3 is 5.11 Å². The number of fused-ring (bicyclic) bond motifs is 1. The fourth-order valence-electron chi connectivity index (χ4n) is 2.95. The molecule has 7 heteroatoms. The number of benzene rings is 3. The highest BCUT2D eigenvalue weighted by Gasteiger charge is 2.18. The summed E-state index contributed by atoms with van der Waals surface area (Å²) in [6.45, 7) is 0.